The van der Waals surface area contributed by atoms with Crippen LogP contribution in [0.25, 0.3) is 11.1 Å². The standard InChI is InChI=1S/C19H21BF2O3/c1-18(2)19(3,4)25-20(24-18)14-10-11-16(23-17(21)22)15(12-14)13-8-6-5-7-9-13/h5-12,17H,1-4H3. The zero-order chi connectivity index (χ0) is 18.2. The van der Waals surface area contributed by atoms with E-state index in [4.69, 9.17) is 9.31 Å². The van der Waals surface area contributed by atoms with Gasteiger partial charge in [-0.05, 0) is 44.8 Å². The summed E-state index contributed by atoms with van der Waals surface area (Å²) in [6.07, 6.45) is 0. The summed E-state index contributed by atoms with van der Waals surface area (Å²) in [5, 5.41) is 0. The van der Waals surface area contributed by atoms with Gasteiger partial charge in [-0.2, -0.15) is 8.78 Å². The molecule has 1 heterocycles. The van der Waals surface area contributed by atoms with Gasteiger partial charge in [0.15, 0.2) is 0 Å². The molecule has 1 aliphatic heterocycles. The maximum absolute atomic E-state index is 12.7. The predicted molar refractivity (Wildman–Crippen MR) is 94.2 cm³/mol. The highest BCUT2D eigenvalue weighted by molar-refractivity contribution is 6.62. The van der Waals surface area contributed by atoms with Gasteiger partial charge in [-0.15, -0.1) is 0 Å². The molecule has 0 atom stereocenters. The van der Waals surface area contributed by atoms with Crippen LogP contribution >= 0.6 is 0 Å². The first kappa shape index (κ1) is 17.9. The Morgan fingerprint density at radius 1 is 0.920 bits per heavy atom. The van der Waals surface area contributed by atoms with E-state index in [1.165, 1.54) is 6.07 Å². The number of rotatable bonds is 4. The third kappa shape index (κ3) is 3.55. The summed E-state index contributed by atoms with van der Waals surface area (Å²) in [5.74, 6) is 0.126. The third-order valence-corrected chi connectivity index (χ3v) is 4.83. The van der Waals surface area contributed by atoms with Crippen molar-refractivity contribution in [2.24, 2.45) is 0 Å². The molecule has 132 valence electrons. The molecule has 0 aliphatic carbocycles. The van der Waals surface area contributed by atoms with Crippen LogP contribution in [0.1, 0.15) is 27.7 Å². The summed E-state index contributed by atoms with van der Waals surface area (Å²) in [5.41, 5.74) is 1.19. The Kier molecular flexibility index (Phi) is 4.60. The molecule has 0 spiro atoms. The molecule has 2 aromatic rings. The molecule has 0 radical (unpaired) electrons. The summed E-state index contributed by atoms with van der Waals surface area (Å²) in [6, 6.07) is 14.3. The third-order valence-electron chi connectivity index (χ3n) is 4.83. The fourth-order valence-electron chi connectivity index (χ4n) is 2.72. The molecule has 3 nitrogen and oxygen atoms in total. The van der Waals surface area contributed by atoms with E-state index in [9.17, 15) is 8.78 Å². The molecular formula is C19H21BF2O3. The van der Waals surface area contributed by atoms with Crippen molar-refractivity contribution in [1.29, 1.82) is 0 Å². The first-order valence-corrected chi connectivity index (χ1v) is 8.19. The van der Waals surface area contributed by atoms with Gasteiger partial charge >= 0.3 is 13.7 Å². The maximum atomic E-state index is 12.7. The lowest BCUT2D eigenvalue weighted by atomic mass is 9.77. The number of ether oxygens (including phenoxy) is 1. The number of hydrogen-bond donors (Lipinski definition) is 0. The van der Waals surface area contributed by atoms with Crippen LogP contribution in [0, 0.1) is 0 Å². The molecule has 3 rings (SSSR count). The maximum Gasteiger partial charge on any atom is 0.494 e. The number of alkyl halides is 2. The molecule has 6 heteroatoms. The van der Waals surface area contributed by atoms with Crippen LogP contribution in [0.5, 0.6) is 5.75 Å². The first-order chi connectivity index (χ1) is 11.7. The summed E-state index contributed by atoms with van der Waals surface area (Å²) in [7, 11) is -0.562. The lowest BCUT2D eigenvalue weighted by Crippen LogP contribution is -2.41. The second-order valence-corrected chi connectivity index (χ2v) is 7.09. The molecular weight excluding hydrogens is 325 g/mol. The van der Waals surface area contributed by atoms with E-state index in [1.54, 1.807) is 12.1 Å². The number of halogens is 2. The van der Waals surface area contributed by atoms with Crippen LogP contribution in [0.2, 0.25) is 0 Å². The van der Waals surface area contributed by atoms with Gasteiger partial charge in [0, 0.05) is 5.56 Å². The Morgan fingerprint density at radius 3 is 2.08 bits per heavy atom. The zero-order valence-corrected chi connectivity index (χ0v) is 14.8. The Hall–Kier alpha value is -1.92. The van der Waals surface area contributed by atoms with E-state index in [2.05, 4.69) is 4.74 Å². The smallest absolute Gasteiger partial charge is 0.434 e. The van der Waals surface area contributed by atoms with Gasteiger partial charge in [0.2, 0.25) is 0 Å². The Balaban J connectivity index is 2.01. The van der Waals surface area contributed by atoms with Crippen molar-refractivity contribution >= 4 is 12.6 Å². The molecule has 1 fully saturated rings. The van der Waals surface area contributed by atoms with Gasteiger partial charge in [0.05, 0.1) is 11.2 Å². The van der Waals surface area contributed by atoms with Crippen molar-refractivity contribution in [1.82, 2.24) is 0 Å². The lowest BCUT2D eigenvalue weighted by Gasteiger charge is -2.32. The molecule has 0 aromatic heterocycles. The highest BCUT2D eigenvalue weighted by Crippen LogP contribution is 2.37. The minimum Gasteiger partial charge on any atom is -0.434 e. The average Bonchev–Trinajstić information content (AvgIpc) is 2.76. The van der Waals surface area contributed by atoms with Crippen LogP contribution in [-0.2, 0) is 9.31 Å². The van der Waals surface area contributed by atoms with Crippen molar-refractivity contribution in [2.75, 3.05) is 0 Å². The fraction of sp³-hybridized carbons (Fsp3) is 0.368. The van der Waals surface area contributed by atoms with Crippen molar-refractivity contribution in [3.8, 4) is 16.9 Å². The Morgan fingerprint density at radius 2 is 1.52 bits per heavy atom. The predicted octanol–water partition coefficient (Wildman–Crippen LogP) is 4.25. The van der Waals surface area contributed by atoms with E-state index >= 15 is 0 Å². The van der Waals surface area contributed by atoms with Crippen LogP contribution in [-0.4, -0.2) is 24.9 Å². The molecule has 0 N–H and O–H groups in total. The van der Waals surface area contributed by atoms with Crippen molar-refractivity contribution in [3.63, 3.8) is 0 Å². The summed E-state index contributed by atoms with van der Waals surface area (Å²) >= 11 is 0. The highest BCUT2D eigenvalue weighted by Gasteiger charge is 2.51. The van der Waals surface area contributed by atoms with E-state index in [0.717, 1.165) is 11.0 Å². The average molecular weight is 346 g/mol. The summed E-state index contributed by atoms with van der Waals surface area (Å²) in [6.45, 7) is 5.00. The normalized spacial score (nSPS) is 18.6. The highest BCUT2D eigenvalue weighted by atomic mass is 19.3. The molecule has 0 saturated carbocycles. The van der Waals surface area contributed by atoms with E-state index in [0.29, 0.717) is 5.56 Å². The Labute approximate surface area is 147 Å². The largest absolute Gasteiger partial charge is 0.494 e. The van der Waals surface area contributed by atoms with Crippen LogP contribution in [0.4, 0.5) is 8.78 Å². The van der Waals surface area contributed by atoms with Crippen LogP contribution < -0.4 is 10.2 Å². The number of hydrogen-bond acceptors (Lipinski definition) is 3. The fourth-order valence-corrected chi connectivity index (χ4v) is 2.72. The Bertz CT molecular complexity index is 732. The topological polar surface area (TPSA) is 27.7 Å². The minimum atomic E-state index is -2.88. The lowest BCUT2D eigenvalue weighted by molar-refractivity contribution is -0.0494. The second kappa shape index (κ2) is 6.43. The summed E-state index contributed by atoms with van der Waals surface area (Å²) < 4.78 is 42.3. The van der Waals surface area contributed by atoms with Gasteiger partial charge in [-0.3, -0.25) is 0 Å². The van der Waals surface area contributed by atoms with Crippen LogP contribution in [0.3, 0.4) is 0 Å². The van der Waals surface area contributed by atoms with Crippen molar-refractivity contribution in [2.45, 2.75) is 45.5 Å². The van der Waals surface area contributed by atoms with Gasteiger partial charge in [0.25, 0.3) is 0 Å². The molecule has 25 heavy (non-hydrogen) atoms. The monoisotopic (exact) mass is 346 g/mol. The van der Waals surface area contributed by atoms with E-state index in [1.807, 2.05) is 58.0 Å². The van der Waals surface area contributed by atoms with Crippen molar-refractivity contribution < 1.29 is 22.8 Å². The zero-order valence-electron chi connectivity index (χ0n) is 14.8. The molecule has 1 saturated heterocycles. The number of benzene rings is 2. The van der Waals surface area contributed by atoms with E-state index < -0.39 is 24.9 Å². The molecule has 0 bridgehead atoms. The molecule has 0 unspecified atom stereocenters. The first-order valence-electron chi connectivity index (χ1n) is 8.19. The van der Waals surface area contributed by atoms with E-state index in [-0.39, 0.29) is 5.75 Å². The van der Waals surface area contributed by atoms with Gasteiger partial charge in [0.1, 0.15) is 5.75 Å². The molecule has 2 aromatic carbocycles. The van der Waals surface area contributed by atoms with Crippen molar-refractivity contribution in [3.05, 3.63) is 48.5 Å². The molecule has 0 amide bonds. The quantitative estimate of drug-likeness (QED) is 0.775. The van der Waals surface area contributed by atoms with Gasteiger partial charge in [-0.25, -0.2) is 0 Å². The molecule has 1 aliphatic rings. The van der Waals surface area contributed by atoms with Gasteiger partial charge in [-0.1, -0.05) is 42.5 Å². The SMILES string of the molecule is CC1(C)OB(c2ccc(OC(F)F)c(-c3ccccc3)c2)OC1(C)C. The second-order valence-electron chi connectivity index (χ2n) is 7.09. The van der Waals surface area contributed by atoms with Crippen LogP contribution in [0.15, 0.2) is 48.5 Å². The van der Waals surface area contributed by atoms with Gasteiger partial charge < -0.3 is 14.0 Å². The minimum absolute atomic E-state index is 0.126. The summed E-state index contributed by atoms with van der Waals surface area (Å²) in [4.78, 5) is 0.